The van der Waals surface area contributed by atoms with Gasteiger partial charge in [-0.25, -0.2) is 4.98 Å². The van der Waals surface area contributed by atoms with Crippen LogP contribution in [0.1, 0.15) is 0 Å². The van der Waals surface area contributed by atoms with Crippen LogP contribution in [-0.2, 0) is 0 Å². The smallest absolute Gasteiger partial charge is 0.227 e. The minimum Gasteiger partial charge on any atom is -0.435 e. The van der Waals surface area contributed by atoms with E-state index in [1.54, 1.807) is 0 Å². The van der Waals surface area contributed by atoms with Crippen molar-refractivity contribution in [2.24, 2.45) is 0 Å². The normalized spacial score (nSPS) is 11.5. The first-order valence-corrected chi connectivity index (χ1v) is 13.5. The Morgan fingerprint density at radius 1 is 0.475 bits per heavy atom. The van der Waals surface area contributed by atoms with Crippen LogP contribution in [0, 0.1) is 0 Å². The average Bonchev–Trinajstić information content (AvgIpc) is 3.49. The molecule has 3 nitrogen and oxygen atoms in total. The summed E-state index contributed by atoms with van der Waals surface area (Å²) in [6.45, 7) is 0. The number of hydrogen-bond acceptors (Lipinski definition) is 3. The monoisotopic (exact) mass is 512 g/mol. The van der Waals surface area contributed by atoms with Crippen LogP contribution in [0.25, 0.3) is 54.9 Å². The Bertz CT molecular complexity index is 2110. The van der Waals surface area contributed by atoms with Crippen LogP contribution in [-0.4, -0.2) is 4.98 Å². The van der Waals surface area contributed by atoms with E-state index in [1.807, 2.05) is 30.3 Å². The van der Waals surface area contributed by atoms with Crippen molar-refractivity contribution in [2.45, 2.75) is 0 Å². The van der Waals surface area contributed by atoms with Gasteiger partial charge in [0.15, 0.2) is 5.58 Å². The molecule has 1 aromatic heterocycles. The lowest BCUT2D eigenvalue weighted by Crippen LogP contribution is -2.09. The first-order valence-electron chi connectivity index (χ1n) is 13.5. The first-order chi connectivity index (χ1) is 19.8. The van der Waals surface area contributed by atoms with Gasteiger partial charge in [0.2, 0.25) is 5.89 Å². The summed E-state index contributed by atoms with van der Waals surface area (Å²) in [5, 5.41) is 6.89. The van der Waals surface area contributed by atoms with E-state index < -0.39 is 0 Å². The van der Waals surface area contributed by atoms with Crippen molar-refractivity contribution in [3.63, 3.8) is 0 Å². The molecule has 0 aliphatic heterocycles. The SMILES string of the molecule is c1ccc(-c2nc3c4ccc5ccc(N(c6ccccc6)c6ccccc6)cc5c4c4ccccc4c3o2)cc1. The minimum atomic E-state index is 0.640. The fraction of sp³-hybridized carbons (Fsp3) is 0. The van der Waals surface area contributed by atoms with Gasteiger partial charge in [-0.3, -0.25) is 0 Å². The molecule has 0 saturated heterocycles. The largest absolute Gasteiger partial charge is 0.435 e. The van der Waals surface area contributed by atoms with Crippen LogP contribution in [0.15, 0.2) is 150 Å². The van der Waals surface area contributed by atoms with Crippen LogP contribution in [0.2, 0.25) is 0 Å². The van der Waals surface area contributed by atoms with Crippen molar-refractivity contribution < 1.29 is 4.42 Å². The van der Waals surface area contributed by atoms with Gasteiger partial charge in [0.25, 0.3) is 0 Å². The molecule has 1 heterocycles. The van der Waals surface area contributed by atoms with Gasteiger partial charge in [-0.05, 0) is 70.1 Å². The molecule has 0 N–H and O–H groups in total. The van der Waals surface area contributed by atoms with Crippen molar-refractivity contribution in [1.82, 2.24) is 4.98 Å². The van der Waals surface area contributed by atoms with Crippen molar-refractivity contribution in [3.05, 3.63) is 146 Å². The Hall–Kier alpha value is -5.41. The van der Waals surface area contributed by atoms with Crippen LogP contribution >= 0.6 is 0 Å². The minimum absolute atomic E-state index is 0.640. The third-order valence-electron chi connectivity index (χ3n) is 7.64. The van der Waals surface area contributed by atoms with Crippen molar-refractivity contribution in [1.29, 1.82) is 0 Å². The van der Waals surface area contributed by atoms with E-state index in [4.69, 9.17) is 9.40 Å². The molecule has 0 fully saturated rings. The second kappa shape index (κ2) is 9.11. The number of aromatic nitrogens is 1. The number of nitrogens with zero attached hydrogens (tertiary/aromatic N) is 2. The van der Waals surface area contributed by atoms with Crippen LogP contribution < -0.4 is 4.90 Å². The van der Waals surface area contributed by atoms with Crippen LogP contribution in [0.4, 0.5) is 17.1 Å². The standard InChI is InChI=1S/C37H24N2O/c1-4-12-26(13-5-1)37-38-35-32-23-21-25-20-22-29(39(27-14-6-2-7-15-27)28-16-8-3-9-17-28)24-33(25)34(32)30-18-10-11-19-31(30)36(35)40-37/h1-24H. The highest BCUT2D eigenvalue weighted by molar-refractivity contribution is 6.30. The third kappa shape index (κ3) is 3.56. The second-order valence-electron chi connectivity index (χ2n) is 10.0. The number of hydrogen-bond donors (Lipinski definition) is 0. The summed E-state index contributed by atoms with van der Waals surface area (Å²) in [5.74, 6) is 0.640. The lowest BCUT2D eigenvalue weighted by atomic mass is 9.95. The molecule has 8 aromatic rings. The zero-order chi connectivity index (χ0) is 26.5. The molecule has 0 saturated carbocycles. The summed E-state index contributed by atoms with van der Waals surface area (Å²) in [4.78, 5) is 7.35. The summed E-state index contributed by atoms with van der Waals surface area (Å²) in [7, 11) is 0. The number of para-hydroxylation sites is 2. The van der Waals surface area contributed by atoms with Gasteiger partial charge in [0.05, 0.1) is 0 Å². The molecule has 7 aromatic carbocycles. The molecule has 8 rings (SSSR count). The summed E-state index contributed by atoms with van der Waals surface area (Å²) in [6.07, 6.45) is 0. The molecule has 0 aliphatic rings. The molecule has 0 spiro atoms. The van der Waals surface area contributed by atoms with Crippen molar-refractivity contribution in [2.75, 3.05) is 4.90 Å². The van der Waals surface area contributed by atoms with Crippen LogP contribution in [0.3, 0.4) is 0 Å². The molecule has 0 amide bonds. The van der Waals surface area contributed by atoms with Gasteiger partial charge in [0, 0.05) is 33.4 Å². The highest BCUT2D eigenvalue weighted by Crippen LogP contribution is 2.42. The summed E-state index contributed by atoms with van der Waals surface area (Å²) in [6, 6.07) is 50.8. The Kier molecular flexibility index (Phi) is 5.14. The predicted octanol–water partition coefficient (Wildman–Crippen LogP) is 10.4. The van der Waals surface area contributed by atoms with E-state index in [2.05, 4.69) is 120 Å². The van der Waals surface area contributed by atoms with Gasteiger partial charge in [-0.2, -0.15) is 0 Å². The maximum Gasteiger partial charge on any atom is 0.227 e. The number of oxazole rings is 1. The molecular weight excluding hydrogens is 488 g/mol. The Morgan fingerprint density at radius 2 is 1.07 bits per heavy atom. The van der Waals surface area contributed by atoms with E-state index in [9.17, 15) is 0 Å². The molecule has 0 atom stereocenters. The molecule has 40 heavy (non-hydrogen) atoms. The number of rotatable bonds is 4. The molecule has 3 heteroatoms. The molecule has 0 unspecified atom stereocenters. The molecule has 0 bridgehead atoms. The molecular formula is C37H24N2O. The van der Waals surface area contributed by atoms with E-state index in [0.29, 0.717) is 5.89 Å². The number of fused-ring (bicyclic) bond motifs is 8. The lowest BCUT2D eigenvalue weighted by molar-refractivity contribution is 0.623. The fourth-order valence-electron chi connectivity index (χ4n) is 5.82. The molecule has 0 aliphatic carbocycles. The maximum atomic E-state index is 6.45. The highest BCUT2D eigenvalue weighted by Gasteiger charge is 2.19. The maximum absolute atomic E-state index is 6.45. The third-order valence-corrected chi connectivity index (χ3v) is 7.64. The van der Waals surface area contributed by atoms with Gasteiger partial charge in [0.1, 0.15) is 5.52 Å². The summed E-state index contributed by atoms with van der Waals surface area (Å²) < 4.78 is 6.45. The summed E-state index contributed by atoms with van der Waals surface area (Å²) >= 11 is 0. The predicted molar refractivity (Wildman–Crippen MR) is 167 cm³/mol. The van der Waals surface area contributed by atoms with E-state index in [1.165, 1.54) is 16.2 Å². The van der Waals surface area contributed by atoms with E-state index in [-0.39, 0.29) is 0 Å². The van der Waals surface area contributed by atoms with Gasteiger partial charge >= 0.3 is 0 Å². The Balaban J connectivity index is 1.45. The summed E-state index contributed by atoms with van der Waals surface area (Å²) in [5.41, 5.74) is 6.02. The van der Waals surface area contributed by atoms with Crippen molar-refractivity contribution >= 4 is 60.5 Å². The number of benzene rings is 7. The van der Waals surface area contributed by atoms with Gasteiger partial charge < -0.3 is 9.32 Å². The lowest BCUT2D eigenvalue weighted by Gasteiger charge is -2.26. The highest BCUT2D eigenvalue weighted by atomic mass is 16.3. The van der Waals surface area contributed by atoms with E-state index in [0.717, 1.165) is 49.9 Å². The fourth-order valence-corrected chi connectivity index (χ4v) is 5.82. The Morgan fingerprint density at radius 3 is 1.77 bits per heavy atom. The zero-order valence-corrected chi connectivity index (χ0v) is 21.7. The van der Waals surface area contributed by atoms with Crippen LogP contribution in [0.5, 0.6) is 0 Å². The number of anilines is 3. The molecule has 188 valence electrons. The van der Waals surface area contributed by atoms with Crippen molar-refractivity contribution in [3.8, 4) is 11.5 Å². The molecule has 0 radical (unpaired) electrons. The van der Waals surface area contributed by atoms with E-state index >= 15 is 0 Å². The van der Waals surface area contributed by atoms with Gasteiger partial charge in [-0.15, -0.1) is 0 Å². The van der Waals surface area contributed by atoms with Gasteiger partial charge in [-0.1, -0.05) is 97.1 Å². The Labute approximate surface area is 231 Å². The second-order valence-corrected chi connectivity index (χ2v) is 10.0. The topological polar surface area (TPSA) is 29.3 Å². The zero-order valence-electron chi connectivity index (χ0n) is 21.7. The average molecular weight is 513 g/mol. The first kappa shape index (κ1) is 22.6. The quantitative estimate of drug-likeness (QED) is 0.220.